The maximum atomic E-state index is 3.82. The van der Waals surface area contributed by atoms with Gasteiger partial charge < -0.3 is 0 Å². The zero-order valence-corrected chi connectivity index (χ0v) is 12.3. The Labute approximate surface area is 114 Å². The largest absolute Gasteiger partial charge is 0.161 e. The van der Waals surface area contributed by atoms with Crippen LogP contribution in [0.2, 0.25) is 0 Å². The molecule has 2 heterocycles. The van der Waals surface area contributed by atoms with Gasteiger partial charge >= 0.3 is 0 Å². The smallest absolute Gasteiger partial charge is 0.0272 e. The first-order valence-electron chi connectivity index (χ1n) is 5.78. The third-order valence-electron chi connectivity index (χ3n) is 3.51. The molecule has 1 aromatic carbocycles. The van der Waals surface area contributed by atoms with E-state index in [-0.39, 0.29) is 0 Å². The van der Waals surface area contributed by atoms with Crippen LogP contribution < -0.4 is 0 Å². The number of halogens is 1. The van der Waals surface area contributed by atoms with E-state index < -0.39 is 0 Å². The van der Waals surface area contributed by atoms with E-state index >= 15 is 0 Å². The first kappa shape index (κ1) is 11.5. The van der Waals surface area contributed by atoms with Crippen molar-refractivity contribution >= 4 is 39.5 Å². The van der Waals surface area contributed by atoms with E-state index in [0.717, 1.165) is 16.7 Å². The van der Waals surface area contributed by atoms with E-state index in [1.165, 1.54) is 28.6 Å². The number of alkyl halides is 1. The van der Waals surface area contributed by atoms with Gasteiger partial charge in [-0.05, 0) is 35.6 Å². The molecule has 0 radical (unpaired) electrons. The zero-order chi connectivity index (χ0) is 11.0. The molecular weight excluding hydrogens is 300 g/mol. The van der Waals surface area contributed by atoms with E-state index in [0.29, 0.717) is 0 Å². The quantitative estimate of drug-likeness (QED) is 0.742. The van der Waals surface area contributed by atoms with Gasteiger partial charge in [-0.2, -0.15) is 11.8 Å². The van der Waals surface area contributed by atoms with Gasteiger partial charge in [-0.15, -0.1) is 11.8 Å². The average molecular weight is 315 g/mol. The summed E-state index contributed by atoms with van der Waals surface area (Å²) in [6.07, 6.45) is 1.37. The summed E-state index contributed by atoms with van der Waals surface area (Å²) in [6, 6.07) is 8.94. The maximum Gasteiger partial charge on any atom is 0.0272 e. The molecule has 2 aliphatic rings. The number of fused-ring (bicyclic) bond motifs is 1. The van der Waals surface area contributed by atoms with Crippen LogP contribution in [0.15, 0.2) is 29.2 Å². The van der Waals surface area contributed by atoms with Crippen LogP contribution in [0.5, 0.6) is 0 Å². The number of hydrogen-bond acceptors (Lipinski definition) is 2. The monoisotopic (exact) mass is 314 g/mol. The normalized spacial score (nSPS) is 32.9. The molecule has 86 valence electrons. The fraction of sp³-hybridized carbons (Fsp3) is 0.538. The fourth-order valence-electron chi connectivity index (χ4n) is 2.58. The molecule has 1 aromatic rings. The molecule has 0 nitrogen and oxygen atoms in total. The molecule has 0 aliphatic carbocycles. The molecule has 0 spiro atoms. The number of rotatable bonds is 2. The first-order chi connectivity index (χ1) is 7.84. The van der Waals surface area contributed by atoms with Gasteiger partial charge in [-0.3, -0.25) is 0 Å². The molecule has 1 fully saturated rings. The molecule has 1 saturated heterocycles. The Morgan fingerprint density at radius 3 is 2.88 bits per heavy atom. The Morgan fingerprint density at radius 1 is 1.19 bits per heavy atom. The highest BCUT2D eigenvalue weighted by molar-refractivity contribution is 9.09. The molecule has 16 heavy (non-hydrogen) atoms. The predicted molar refractivity (Wildman–Crippen MR) is 78.1 cm³/mol. The van der Waals surface area contributed by atoms with Crippen molar-refractivity contribution in [3.05, 3.63) is 29.8 Å². The van der Waals surface area contributed by atoms with Crippen LogP contribution >= 0.6 is 39.5 Å². The van der Waals surface area contributed by atoms with Crippen LogP contribution in [-0.4, -0.2) is 22.1 Å². The van der Waals surface area contributed by atoms with Crippen molar-refractivity contribution < 1.29 is 0 Å². The van der Waals surface area contributed by atoms with E-state index in [9.17, 15) is 0 Å². The number of benzene rings is 1. The lowest BCUT2D eigenvalue weighted by Crippen LogP contribution is -2.15. The maximum absolute atomic E-state index is 3.82. The highest BCUT2D eigenvalue weighted by atomic mass is 79.9. The van der Waals surface area contributed by atoms with Crippen molar-refractivity contribution in [2.45, 2.75) is 22.1 Å². The Morgan fingerprint density at radius 2 is 2.06 bits per heavy atom. The Bertz CT molecular complexity index is 380. The van der Waals surface area contributed by atoms with E-state index in [2.05, 4.69) is 52.0 Å². The van der Waals surface area contributed by atoms with Gasteiger partial charge in [0.1, 0.15) is 0 Å². The molecule has 0 aromatic heterocycles. The SMILES string of the molecule is BrC1CSCC1CC1CSc2ccccc21. The lowest BCUT2D eigenvalue weighted by molar-refractivity contribution is 0.512. The van der Waals surface area contributed by atoms with Crippen molar-refractivity contribution in [3.8, 4) is 0 Å². The molecule has 2 aliphatic heterocycles. The van der Waals surface area contributed by atoms with Crippen molar-refractivity contribution in [1.82, 2.24) is 0 Å². The second kappa shape index (κ2) is 4.95. The summed E-state index contributed by atoms with van der Waals surface area (Å²) in [5.41, 5.74) is 1.60. The highest BCUT2D eigenvalue weighted by Crippen LogP contribution is 2.45. The van der Waals surface area contributed by atoms with Gasteiger partial charge in [0, 0.05) is 21.2 Å². The van der Waals surface area contributed by atoms with E-state index in [1.807, 2.05) is 11.8 Å². The minimum absolute atomic E-state index is 0.746. The molecule has 3 rings (SSSR count). The standard InChI is InChI=1S/C13H15BrS2/c14-12-8-15-6-10(12)5-9-7-16-13-4-2-1-3-11(9)13/h1-4,9-10,12H,5-8H2. The van der Waals surface area contributed by atoms with Gasteiger partial charge in [0.25, 0.3) is 0 Å². The topological polar surface area (TPSA) is 0 Å². The Kier molecular flexibility index (Phi) is 3.55. The minimum atomic E-state index is 0.746. The molecule has 0 bridgehead atoms. The van der Waals surface area contributed by atoms with Gasteiger partial charge in [0.2, 0.25) is 0 Å². The third kappa shape index (κ3) is 2.19. The van der Waals surface area contributed by atoms with Crippen LogP contribution in [0.25, 0.3) is 0 Å². The zero-order valence-electron chi connectivity index (χ0n) is 9.06. The summed E-state index contributed by atoms with van der Waals surface area (Å²) < 4.78 is 0. The van der Waals surface area contributed by atoms with Gasteiger partial charge in [0.05, 0.1) is 0 Å². The first-order valence-corrected chi connectivity index (χ1v) is 8.83. The van der Waals surface area contributed by atoms with Crippen LogP contribution in [-0.2, 0) is 0 Å². The molecule has 0 N–H and O–H groups in total. The summed E-state index contributed by atoms with van der Waals surface area (Å²) in [5.74, 6) is 5.61. The van der Waals surface area contributed by atoms with Crippen LogP contribution in [0, 0.1) is 5.92 Å². The molecule has 3 atom stereocenters. The highest BCUT2D eigenvalue weighted by Gasteiger charge is 2.31. The second-order valence-electron chi connectivity index (χ2n) is 4.59. The summed E-state index contributed by atoms with van der Waals surface area (Å²) in [7, 11) is 0. The van der Waals surface area contributed by atoms with Crippen LogP contribution in [0.3, 0.4) is 0 Å². The van der Waals surface area contributed by atoms with Crippen molar-refractivity contribution in [2.24, 2.45) is 5.92 Å². The van der Waals surface area contributed by atoms with Crippen LogP contribution in [0.4, 0.5) is 0 Å². The minimum Gasteiger partial charge on any atom is -0.161 e. The molecule has 3 unspecified atom stereocenters. The third-order valence-corrected chi connectivity index (χ3v) is 7.52. The summed E-state index contributed by atoms with van der Waals surface area (Å²) >= 11 is 7.96. The number of hydrogen-bond donors (Lipinski definition) is 0. The summed E-state index contributed by atoms with van der Waals surface area (Å²) in [4.78, 5) is 2.26. The van der Waals surface area contributed by atoms with Crippen LogP contribution in [0.1, 0.15) is 17.9 Å². The van der Waals surface area contributed by atoms with Gasteiger partial charge in [-0.25, -0.2) is 0 Å². The fourth-order valence-corrected chi connectivity index (χ4v) is 6.37. The Hall–Kier alpha value is 0.400. The van der Waals surface area contributed by atoms with Gasteiger partial charge in [0.15, 0.2) is 0 Å². The predicted octanol–water partition coefficient (Wildman–Crippen LogP) is 4.39. The van der Waals surface area contributed by atoms with Crippen molar-refractivity contribution in [2.75, 3.05) is 17.3 Å². The molecule has 0 saturated carbocycles. The van der Waals surface area contributed by atoms with Gasteiger partial charge in [-0.1, -0.05) is 34.1 Å². The Balaban J connectivity index is 1.73. The lowest BCUT2D eigenvalue weighted by Gasteiger charge is -2.18. The van der Waals surface area contributed by atoms with Crippen molar-refractivity contribution in [3.63, 3.8) is 0 Å². The van der Waals surface area contributed by atoms with E-state index in [1.54, 1.807) is 5.56 Å². The summed E-state index contributed by atoms with van der Waals surface area (Å²) in [5, 5.41) is 0. The molecule has 0 amide bonds. The number of thioether (sulfide) groups is 2. The summed E-state index contributed by atoms with van der Waals surface area (Å²) in [6.45, 7) is 0. The lowest BCUT2D eigenvalue weighted by atomic mass is 9.90. The van der Waals surface area contributed by atoms with E-state index in [4.69, 9.17) is 0 Å². The molecule has 3 heteroatoms. The average Bonchev–Trinajstić information content (AvgIpc) is 2.88. The molecular formula is C13H15BrS2. The second-order valence-corrected chi connectivity index (χ2v) is 7.91. The van der Waals surface area contributed by atoms with Crippen molar-refractivity contribution in [1.29, 1.82) is 0 Å².